The van der Waals surface area contributed by atoms with Crippen molar-refractivity contribution in [3.8, 4) is 0 Å². The highest BCUT2D eigenvalue weighted by Crippen LogP contribution is 2.18. The van der Waals surface area contributed by atoms with Crippen LogP contribution in [-0.4, -0.2) is 62.7 Å². The molecule has 1 amide bonds. The summed E-state index contributed by atoms with van der Waals surface area (Å²) in [6.07, 6.45) is 3.07. The van der Waals surface area contributed by atoms with E-state index in [4.69, 9.17) is 9.47 Å². The summed E-state index contributed by atoms with van der Waals surface area (Å²) in [4.78, 5) is 11.4. The van der Waals surface area contributed by atoms with Gasteiger partial charge in [-0.1, -0.05) is 0 Å². The Labute approximate surface area is 121 Å². The molecule has 1 atom stereocenters. The third kappa shape index (κ3) is 10.1. The summed E-state index contributed by atoms with van der Waals surface area (Å²) in [7, 11) is 0. The van der Waals surface area contributed by atoms with E-state index in [0.717, 1.165) is 25.8 Å². The highest BCUT2D eigenvalue weighted by molar-refractivity contribution is 5.76. The Morgan fingerprint density at radius 3 is 2.80 bits per heavy atom. The zero-order valence-corrected chi connectivity index (χ0v) is 12.4. The summed E-state index contributed by atoms with van der Waals surface area (Å²) in [6.45, 7) is 5.21. The van der Waals surface area contributed by atoms with E-state index in [2.05, 4.69) is 10.6 Å². The number of hydrogen-bond acceptors (Lipinski definition) is 5. The van der Waals surface area contributed by atoms with Crippen LogP contribution in [0.2, 0.25) is 0 Å². The van der Waals surface area contributed by atoms with E-state index in [-0.39, 0.29) is 5.91 Å². The minimum Gasteiger partial charge on any atom is -0.389 e. The fraction of sp³-hybridized carbons (Fsp3) is 0.929. The van der Waals surface area contributed by atoms with Gasteiger partial charge in [-0.15, -0.1) is 0 Å². The minimum absolute atomic E-state index is 0.133. The normalized spacial score (nSPS) is 16.1. The van der Waals surface area contributed by atoms with Gasteiger partial charge in [0.15, 0.2) is 0 Å². The van der Waals surface area contributed by atoms with Gasteiger partial charge in [-0.05, 0) is 32.7 Å². The van der Waals surface area contributed by atoms with E-state index in [0.29, 0.717) is 45.4 Å². The number of carbonyl (C=O) groups excluding carboxylic acids is 1. The number of hydrogen-bond donors (Lipinski definition) is 3. The molecule has 0 saturated heterocycles. The molecule has 3 N–H and O–H groups in total. The maximum Gasteiger partial charge on any atom is 0.220 e. The van der Waals surface area contributed by atoms with Crippen molar-refractivity contribution in [3.63, 3.8) is 0 Å². The molecule has 0 bridgehead atoms. The quantitative estimate of drug-likeness (QED) is 0.417. The lowest BCUT2D eigenvalue weighted by Gasteiger charge is -2.12. The highest BCUT2D eigenvalue weighted by atomic mass is 16.5. The van der Waals surface area contributed by atoms with Crippen molar-refractivity contribution >= 4 is 5.91 Å². The SMILES string of the molecule is CCOCCOCC(O)CNCCCC(=O)NC1CC1. The van der Waals surface area contributed by atoms with E-state index in [1.165, 1.54) is 0 Å². The molecule has 0 heterocycles. The molecule has 0 aromatic carbocycles. The number of amides is 1. The van der Waals surface area contributed by atoms with E-state index >= 15 is 0 Å². The first-order valence-corrected chi connectivity index (χ1v) is 7.56. The number of rotatable bonds is 13. The van der Waals surface area contributed by atoms with Gasteiger partial charge in [-0.25, -0.2) is 0 Å². The number of nitrogens with one attached hydrogen (secondary N) is 2. The first-order chi connectivity index (χ1) is 9.72. The van der Waals surface area contributed by atoms with Gasteiger partial charge in [-0.2, -0.15) is 0 Å². The van der Waals surface area contributed by atoms with Gasteiger partial charge < -0.3 is 25.2 Å². The van der Waals surface area contributed by atoms with Gasteiger partial charge in [0.1, 0.15) is 0 Å². The van der Waals surface area contributed by atoms with Crippen molar-refractivity contribution in [1.29, 1.82) is 0 Å². The summed E-state index contributed by atoms with van der Waals surface area (Å²) in [5.41, 5.74) is 0. The lowest BCUT2D eigenvalue weighted by atomic mass is 10.3. The molecule has 0 spiro atoms. The Bertz CT molecular complexity index is 260. The molecule has 0 radical (unpaired) electrons. The monoisotopic (exact) mass is 288 g/mol. The summed E-state index contributed by atoms with van der Waals surface area (Å²) in [5.74, 6) is 0.133. The second kappa shape index (κ2) is 11.0. The van der Waals surface area contributed by atoms with Crippen LogP contribution < -0.4 is 10.6 Å². The topological polar surface area (TPSA) is 79.8 Å². The van der Waals surface area contributed by atoms with Crippen LogP contribution >= 0.6 is 0 Å². The van der Waals surface area contributed by atoms with Gasteiger partial charge in [0.2, 0.25) is 5.91 Å². The number of carbonyl (C=O) groups is 1. The second-order valence-corrected chi connectivity index (χ2v) is 5.08. The van der Waals surface area contributed by atoms with Gasteiger partial charge in [-0.3, -0.25) is 4.79 Å². The van der Waals surface area contributed by atoms with Crippen LogP contribution in [0, 0.1) is 0 Å². The van der Waals surface area contributed by atoms with Crippen molar-refractivity contribution in [2.45, 2.75) is 44.8 Å². The Balaban J connectivity index is 1.81. The molecule has 1 aliphatic rings. The fourth-order valence-electron chi connectivity index (χ4n) is 1.71. The average Bonchev–Trinajstić information content (AvgIpc) is 3.22. The Hall–Kier alpha value is -0.690. The molecule has 118 valence electrons. The predicted octanol–water partition coefficient (Wildman–Crippen LogP) is 0.0488. The van der Waals surface area contributed by atoms with E-state index in [9.17, 15) is 9.90 Å². The zero-order chi connectivity index (χ0) is 14.6. The maximum atomic E-state index is 11.4. The highest BCUT2D eigenvalue weighted by Gasteiger charge is 2.22. The number of ether oxygens (including phenoxy) is 2. The molecule has 0 aliphatic heterocycles. The van der Waals surface area contributed by atoms with Crippen LogP contribution in [0.1, 0.15) is 32.6 Å². The molecule has 1 unspecified atom stereocenters. The largest absolute Gasteiger partial charge is 0.389 e. The molecule has 1 aliphatic carbocycles. The maximum absolute atomic E-state index is 11.4. The van der Waals surface area contributed by atoms with E-state index in [1.54, 1.807) is 0 Å². The van der Waals surface area contributed by atoms with Crippen LogP contribution in [-0.2, 0) is 14.3 Å². The van der Waals surface area contributed by atoms with Crippen molar-refractivity contribution in [2.24, 2.45) is 0 Å². The van der Waals surface area contributed by atoms with Gasteiger partial charge in [0.05, 0.1) is 25.9 Å². The molecule has 6 nitrogen and oxygen atoms in total. The fourth-order valence-corrected chi connectivity index (χ4v) is 1.71. The Morgan fingerprint density at radius 2 is 2.10 bits per heavy atom. The lowest BCUT2D eigenvalue weighted by molar-refractivity contribution is -0.121. The Kier molecular flexibility index (Phi) is 9.57. The van der Waals surface area contributed by atoms with Gasteiger partial charge in [0, 0.05) is 25.6 Å². The molecule has 1 fully saturated rings. The lowest BCUT2D eigenvalue weighted by Crippen LogP contribution is -2.32. The van der Waals surface area contributed by atoms with Crippen LogP contribution in [0.5, 0.6) is 0 Å². The average molecular weight is 288 g/mol. The zero-order valence-electron chi connectivity index (χ0n) is 12.4. The van der Waals surface area contributed by atoms with Crippen molar-refractivity contribution in [2.75, 3.05) is 39.5 Å². The van der Waals surface area contributed by atoms with Crippen LogP contribution in [0.4, 0.5) is 0 Å². The first kappa shape index (κ1) is 17.4. The third-order valence-corrected chi connectivity index (χ3v) is 2.97. The summed E-state index contributed by atoms with van der Waals surface area (Å²) >= 11 is 0. The molecule has 1 saturated carbocycles. The van der Waals surface area contributed by atoms with E-state index < -0.39 is 6.10 Å². The molecular formula is C14H28N2O4. The summed E-state index contributed by atoms with van der Waals surface area (Å²) < 4.78 is 10.4. The number of aliphatic hydroxyl groups is 1. The standard InChI is InChI=1S/C14H28N2O4/c1-2-19-8-9-20-11-13(17)10-15-7-3-4-14(18)16-12-5-6-12/h12-13,15,17H,2-11H2,1H3,(H,16,18). The minimum atomic E-state index is -0.517. The first-order valence-electron chi connectivity index (χ1n) is 7.56. The Morgan fingerprint density at radius 1 is 1.35 bits per heavy atom. The van der Waals surface area contributed by atoms with Gasteiger partial charge >= 0.3 is 0 Å². The molecule has 1 rings (SSSR count). The molecular weight excluding hydrogens is 260 g/mol. The smallest absolute Gasteiger partial charge is 0.220 e. The molecule has 0 aromatic rings. The van der Waals surface area contributed by atoms with Crippen molar-refractivity contribution < 1.29 is 19.4 Å². The molecule has 20 heavy (non-hydrogen) atoms. The third-order valence-electron chi connectivity index (χ3n) is 2.97. The van der Waals surface area contributed by atoms with Crippen LogP contribution in [0.25, 0.3) is 0 Å². The van der Waals surface area contributed by atoms with E-state index in [1.807, 2.05) is 6.92 Å². The van der Waals surface area contributed by atoms with Crippen LogP contribution in [0.3, 0.4) is 0 Å². The summed E-state index contributed by atoms with van der Waals surface area (Å²) in [6, 6.07) is 0.436. The van der Waals surface area contributed by atoms with Crippen molar-refractivity contribution in [1.82, 2.24) is 10.6 Å². The van der Waals surface area contributed by atoms with Crippen molar-refractivity contribution in [3.05, 3.63) is 0 Å². The van der Waals surface area contributed by atoms with Crippen LogP contribution in [0.15, 0.2) is 0 Å². The van der Waals surface area contributed by atoms with Gasteiger partial charge in [0.25, 0.3) is 0 Å². The molecule has 0 aromatic heterocycles. The second-order valence-electron chi connectivity index (χ2n) is 5.08. The molecule has 6 heteroatoms. The summed E-state index contributed by atoms with van der Waals surface area (Å²) in [5, 5.41) is 15.7. The predicted molar refractivity (Wildman–Crippen MR) is 76.6 cm³/mol. The number of aliphatic hydroxyl groups excluding tert-OH is 1.